The number of aromatic nitrogens is 1. The minimum Gasteiger partial charge on any atom is -0.373 e. The van der Waals surface area contributed by atoms with Gasteiger partial charge in [0.1, 0.15) is 11.9 Å². The van der Waals surface area contributed by atoms with Crippen LogP contribution in [0.5, 0.6) is 0 Å². The Kier molecular flexibility index (Phi) is 6.51. The highest BCUT2D eigenvalue weighted by molar-refractivity contribution is 6.43. The number of hydrogen-bond acceptors (Lipinski definition) is 7. The van der Waals surface area contributed by atoms with Crippen LogP contribution in [-0.4, -0.2) is 16.0 Å². The summed E-state index contributed by atoms with van der Waals surface area (Å²) >= 11 is 19.3. The maximum Gasteiger partial charge on any atom is 0.123 e. The van der Waals surface area contributed by atoms with Crippen molar-refractivity contribution in [3.8, 4) is 6.07 Å². The first-order valence-electron chi connectivity index (χ1n) is 12.6. The van der Waals surface area contributed by atoms with Gasteiger partial charge in [-0.1, -0.05) is 53.0 Å². The molecule has 4 aromatic rings. The third-order valence-corrected chi connectivity index (χ3v) is 7.56. The molecule has 1 aliphatic heterocycles. The second-order valence-corrected chi connectivity index (χ2v) is 10.4. The molecular formula is C28H21Cl3FN7. The van der Waals surface area contributed by atoms with Crippen LogP contribution < -0.4 is 21.6 Å². The number of benzene rings is 3. The molecule has 2 heterocycles. The van der Waals surface area contributed by atoms with E-state index in [1.165, 1.54) is 18.3 Å². The highest BCUT2D eigenvalue weighted by atomic mass is 35.5. The first-order chi connectivity index (χ1) is 19.3. The zero-order valence-electron chi connectivity index (χ0n) is 21.2. The third-order valence-electron chi connectivity index (χ3n) is 6.46. The highest BCUT2D eigenvalue weighted by Crippen LogP contribution is 2.39. The average Bonchev–Trinajstić information content (AvgIpc) is 3.67. The van der Waals surface area contributed by atoms with E-state index in [0.717, 1.165) is 12.8 Å². The number of anilines is 3. The number of pyridine rings is 1. The molecule has 7 nitrogen and oxygen atoms in total. The SMILES string of the molecule is [2H][C@](Nc1cc(Cl)c2ncc(C#N)c(Nc3cccc(Cl)c3Cl)c2c1)(C1=CN(C2CC2)NN1)c1ccc(F)cc1. The van der Waals surface area contributed by atoms with Crippen LogP contribution in [0.15, 0.2) is 72.7 Å². The van der Waals surface area contributed by atoms with Gasteiger partial charge in [0.2, 0.25) is 0 Å². The molecule has 0 spiro atoms. The van der Waals surface area contributed by atoms with Crippen LogP contribution in [0.1, 0.15) is 31.4 Å². The van der Waals surface area contributed by atoms with E-state index in [2.05, 4.69) is 32.6 Å². The summed E-state index contributed by atoms with van der Waals surface area (Å²) in [5.41, 5.74) is 9.31. The van der Waals surface area contributed by atoms with Gasteiger partial charge in [-0.05, 0) is 54.8 Å². The van der Waals surface area contributed by atoms with E-state index < -0.39 is 11.8 Å². The molecule has 2 aliphatic rings. The Bertz CT molecular complexity index is 1710. The van der Waals surface area contributed by atoms with Crippen LogP contribution in [0.2, 0.25) is 15.1 Å². The molecule has 6 rings (SSSR count). The minimum atomic E-state index is -1.56. The van der Waals surface area contributed by atoms with Crippen molar-refractivity contribution in [2.45, 2.75) is 24.9 Å². The van der Waals surface area contributed by atoms with Crippen LogP contribution in [0.4, 0.5) is 21.5 Å². The Morgan fingerprint density at radius 2 is 1.92 bits per heavy atom. The molecule has 0 radical (unpaired) electrons. The Hall–Kier alpha value is -3.74. The Morgan fingerprint density at radius 3 is 2.67 bits per heavy atom. The normalized spacial score (nSPS) is 16.6. The summed E-state index contributed by atoms with van der Waals surface area (Å²) < 4.78 is 23.4. The summed E-state index contributed by atoms with van der Waals surface area (Å²) in [4.78, 5) is 4.40. The first-order valence-corrected chi connectivity index (χ1v) is 13.2. The molecule has 0 saturated heterocycles. The van der Waals surface area contributed by atoms with Crippen LogP contribution in [0, 0.1) is 17.1 Å². The summed E-state index contributed by atoms with van der Waals surface area (Å²) in [6.45, 7) is 0. The third kappa shape index (κ3) is 5.14. The summed E-state index contributed by atoms with van der Waals surface area (Å²) in [6, 6.07) is 15.2. The number of nitrogens with zero attached hydrogens (tertiary/aromatic N) is 3. The predicted molar refractivity (Wildman–Crippen MR) is 153 cm³/mol. The zero-order valence-corrected chi connectivity index (χ0v) is 22.5. The fourth-order valence-electron chi connectivity index (χ4n) is 4.35. The lowest BCUT2D eigenvalue weighted by atomic mass is 10.0. The van der Waals surface area contributed by atoms with E-state index in [4.69, 9.17) is 34.8 Å². The molecule has 1 atom stereocenters. The molecule has 39 heavy (non-hydrogen) atoms. The van der Waals surface area contributed by atoms with Crippen molar-refractivity contribution in [3.05, 3.63) is 105 Å². The highest BCUT2D eigenvalue weighted by Gasteiger charge is 2.32. The Balaban J connectivity index is 1.47. The van der Waals surface area contributed by atoms with Gasteiger partial charge in [0.25, 0.3) is 0 Å². The molecule has 1 saturated carbocycles. The minimum absolute atomic E-state index is 0.261. The van der Waals surface area contributed by atoms with Crippen LogP contribution in [-0.2, 0) is 0 Å². The molecule has 196 valence electrons. The molecule has 0 unspecified atom stereocenters. The standard InChI is InChI=1S/C28H21Cl3FN7/c29-21-2-1-3-23(25(21)31)36-26-16(12-33)13-34-28-20(26)10-18(11-22(28)30)35-27(15-4-6-17(32)7-5-15)24-14-39(38-37-24)19-8-9-19/h1-7,10-11,13-14,19,27,35,37-38H,8-9H2,(H,34,36)/t27-/m1/s1/i27D. The van der Waals surface area contributed by atoms with Gasteiger partial charge in [-0.15, -0.1) is 5.53 Å². The van der Waals surface area contributed by atoms with Crippen molar-refractivity contribution >= 4 is 62.8 Å². The summed E-state index contributed by atoms with van der Waals surface area (Å²) in [5.74, 6) is -0.406. The summed E-state index contributed by atoms with van der Waals surface area (Å²) in [5, 5.41) is 19.8. The largest absolute Gasteiger partial charge is 0.373 e. The maximum absolute atomic E-state index is 13.8. The number of hydrazine groups is 2. The maximum atomic E-state index is 13.8. The van der Waals surface area contributed by atoms with Gasteiger partial charge in [-0.25, -0.2) is 4.39 Å². The zero-order chi connectivity index (χ0) is 28.0. The Morgan fingerprint density at radius 1 is 1.13 bits per heavy atom. The number of hydrogen-bond donors (Lipinski definition) is 4. The van der Waals surface area contributed by atoms with Gasteiger partial charge in [-0.3, -0.25) is 9.99 Å². The smallest absolute Gasteiger partial charge is 0.123 e. The van der Waals surface area contributed by atoms with Crippen LogP contribution in [0.3, 0.4) is 0 Å². The van der Waals surface area contributed by atoms with Crippen molar-refractivity contribution < 1.29 is 5.76 Å². The molecule has 1 aliphatic carbocycles. The lowest BCUT2D eigenvalue weighted by Gasteiger charge is -2.22. The molecule has 1 aromatic heterocycles. The van der Waals surface area contributed by atoms with Crippen molar-refractivity contribution in [3.63, 3.8) is 0 Å². The predicted octanol–water partition coefficient (Wildman–Crippen LogP) is 7.43. The quantitative estimate of drug-likeness (QED) is 0.180. The lowest BCUT2D eigenvalue weighted by molar-refractivity contribution is 0.260. The average molecular weight is 582 g/mol. The fourth-order valence-corrected chi connectivity index (χ4v) is 4.96. The number of halogens is 4. The van der Waals surface area contributed by atoms with E-state index in [1.807, 2.05) is 11.2 Å². The molecule has 0 amide bonds. The number of rotatable bonds is 7. The number of nitrogens with one attached hydrogen (secondary N) is 4. The molecule has 4 N–H and O–H groups in total. The van der Waals surface area contributed by atoms with E-state index in [9.17, 15) is 11.0 Å². The second kappa shape index (κ2) is 10.4. The van der Waals surface area contributed by atoms with Crippen LogP contribution in [0.25, 0.3) is 10.9 Å². The van der Waals surface area contributed by atoms with Crippen molar-refractivity contribution in [1.82, 2.24) is 21.0 Å². The number of fused-ring (bicyclic) bond motifs is 1. The van der Waals surface area contributed by atoms with Crippen molar-refractivity contribution in [1.29, 1.82) is 5.26 Å². The first kappa shape index (κ1) is 24.3. The van der Waals surface area contributed by atoms with E-state index in [0.29, 0.717) is 60.3 Å². The van der Waals surface area contributed by atoms with E-state index in [-0.39, 0.29) is 5.56 Å². The van der Waals surface area contributed by atoms with Gasteiger partial charge in [-0.2, -0.15) is 5.26 Å². The van der Waals surface area contributed by atoms with Gasteiger partial charge in [0.05, 0.1) is 50.6 Å². The van der Waals surface area contributed by atoms with Crippen LogP contribution >= 0.6 is 34.8 Å². The monoisotopic (exact) mass is 580 g/mol. The molecule has 0 bridgehead atoms. The summed E-state index contributed by atoms with van der Waals surface area (Å²) in [6.07, 6.45) is 5.37. The second-order valence-electron chi connectivity index (χ2n) is 9.16. The van der Waals surface area contributed by atoms with Gasteiger partial charge in [0, 0.05) is 29.5 Å². The summed E-state index contributed by atoms with van der Waals surface area (Å²) in [7, 11) is 0. The molecule has 1 fully saturated rings. The van der Waals surface area contributed by atoms with Crippen molar-refractivity contribution in [2.24, 2.45) is 0 Å². The van der Waals surface area contributed by atoms with Gasteiger partial charge < -0.3 is 16.1 Å². The fraction of sp³-hybridized carbons (Fsp3) is 0.143. The lowest BCUT2D eigenvalue weighted by Crippen LogP contribution is -2.38. The van der Waals surface area contributed by atoms with Gasteiger partial charge in [0.15, 0.2) is 0 Å². The molecule has 11 heteroatoms. The van der Waals surface area contributed by atoms with Crippen molar-refractivity contribution in [2.75, 3.05) is 10.6 Å². The molecular weight excluding hydrogens is 560 g/mol. The van der Waals surface area contributed by atoms with E-state index in [1.54, 1.807) is 42.5 Å². The van der Waals surface area contributed by atoms with Gasteiger partial charge >= 0.3 is 0 Å². The topological polar surface area (TPSA) is 88.0 Å². The number of nitriles is 1. The molecule has 3 aromatic carbocycles. The van der Waals surface area contributed by atoms with E-state index >= 15 is 0 Å². The Labute approximate surface area is 240 Å².